The Kier molecular flexibility index (Phi) is 4.57. The van der Waals surface area contributed by atoms with Crippen LogP contribution in [0.3, 0.4) is 0 Å². The van der Waals surface area contributed by atoms with E-state index in [1.807, 2.05) is 24.3 Å². The van der Waals surface area contributed by atoms with E-state index >= 15 is 0 Å². The fraction of sp³-hybridized carbons (Fsp3) is 0.400. The highest BCUT2D eigenvalue weighted by Crippen LogP contribution is 2.14. The van der Waals surface area contributed by atoms with E-state index in [0.717, 1.165) is 5.56 Å². The molecule has 1 aromatic heterocycles. The Labute approximate surface area is 123 Å². The van der Waals surface area contributed by atoms with Crippen LogP contribution in [0, 0.1) is 0 Å². The summed E-state index contributed by atoms with van der Waals surface area (Å²) in [6.45, 7) is 4.50. The second-order valence-electron chi connectivity index (χ2n) is 5.35. The Morgan fingerprint density at radius 2 is 2.00 bits per heavy atom. The maximum Gasteiger partial charge on any atom is 0.343 e. The lowest BCUT2D eigenvalue weighted by Crippen LogP contribution is -2.27. The molecule has 0 bridgehead atoms. The summed E-state index contributed by atoms with van der Waals surface area (Å²) < 4.78 is 1.37. The average molecular weight is 288 g/mol. The van der Waals surface area contributed by atoms with Gasteiger partial charge in [0.1, 0.15) is 0 Å². The first-order valence-corrected chi connectivity index (χ1v) is 6.93. The van der Waals surface area contributed by atoms with Gasteiger partial charge >= 0.3 is 5.69 Å². The van der Waals surface area contributed by atoms with Crippen LogP contribution in [0.25, 0.3) is 0 Å². The minimum Gasteiger partial charge on any atom is -0.349 e. The Morgan fingerprint density at radius 1 is 1.33 bits per heavy atom. The zero-order valence-electron chi connectivity index (χ0n) is 12.5. The van der Waals surface area contributed by atoms with Crippen LogP contribution < -0.4 is 11.0 Å². The maximum absolute atomic E-state index is 11.9. The number of aromatic nitrogens is 3. The van der Waals surface area contributed by atoms with Crippen LogP contribution in [0.2, 0.25) is 0 Å². The van der Waals surface area contributed by atoms with Gasteiger partial charge in [-0.25, -0.2) is 9.89 Å². The quantitative estimate of drug-likeness (QED) is 0.864. The van der Waals surface area contributed by atoms with Crippen LogP contribution in [-0.4, -0.2) is 20.7 Å². The van der Waals surface area contributed by atoms with Crippen molar-refractivity contribution in [1.29, 1.82) is 0 Å². The van der Waals surface area contributed by atoms with E-state index in [2.05, 4.69) is 29.4 Å². The highest BCUT2D eigenvalue weighted by atomic mass is 16.2. The van der Waals surface area contributed by atoms with E-state index in [4.69, 9.17) is 0 Å². The molecule has 2 rings (SSSR count). The van der Waals surface area contributed by atoms with Gasteiger partial charge in [0, 0.05) is 7.05 Å². The molecule has 0 unspecified atom stereocenters. The van der Waals surface area contributed by atoms with Gasteiger partial charge in [0.15, 0.2) is 5.82 Å². The molecular weight excluding hydrogens is 268 g/mol. The van der Waals surface area contributed by atoms with Gasteiger partial charge in [0.05, 0.1) is 13.0 Å². The SMILES string of the molecule is CC(C)c1ccc(CC(=O)NCc2n[nH]c(=O)n2C)cc1. The van der Waals surface area contributed by atoms with E-state index in [1.54, 1.807) is 7.05 Å². The molecular formula is C15H20N4O2. The molecule has 0 saturated carbocycles. The summed E-state index contributed by atoms with van der Waals surface area (Å²) in [7, 11) is 1.61. The summed E-state index contributed by atoms with van der Waals surface area (Å²) in [5, 5.41) is 8.93. The largest absolute Gasteiger partial charge is 0.349 e. The van der Waals surface area contributed by atoms with Gasteiger partial charge in [-0.1, -0.05) is 38.1 Å². The van der Waals surface area contributed by atoms with Crippen molar-refractivity contribution < 1.29 is 4.79 Å². The number of hydrogen-bond acceptors (Lipinski definition) is 3. The van der Waals surface area contributed by atoms with Gasteiger partial charge in [-0.2, -0.15) is 5.10 Å². The number of aromatic amines is 1. The van der Waals surface area contributed by atoms with Gasteiger partial charge in [-0.3, -0.25) is 9.36 Å². The first kappa shape index (κ1) is 15.0. The molecule has 0 atom stereocenters. The first-order valence-electron chi connectivity index (χ1n) is 6.93. The number of hydrogen-bond donors (Lipinski definition) is 2. The van der Waals surface area contributed by atoms with E-state index in [-0.39, 0.29) is 18.1 Å². The minimum atomic E-state index is -0.288. The number of nitrogens with zero attached hydrogens (tertiary/aromatic N) is 2. The molecule has 0 saturated heterocycles. The van der Waals surface area contributed by atoms with Crippen LogP contribution in [0.5, 0.6) is 0 Å². The molecule has 2 aromatic rings. The number of carbonyl (C=O) groups is 1. The molecule has 112 valence electrons. The van der Waals surface area contributed by atoms with Gasteiger partial charge < -0.3 is 5.32 Å². The zero-order chi connectivity index (χ0) is 15.4. The number of benzene rings is 1. The summed E-state index contributed by atoms with van der Waals surface area (Å²) in [5.74, 6) is 0.889. The summed E-state index contributed by atoms with van der Waals surface area (Å²) in [5.41, 5.74) is 1.93. The number of H-pyrrole nitrogens is 1. The van der Waals surface area contributed by atoms with Gasteiger partial charge in [-0.15, -0.1) is 0 Å². The standard InChI is InChI=1S/C15H20N4O2/c1-10(2)12-6-4-11(5-7-12)8-14(20)16-9-13-17-18-15(21)19(13)3/h4-7,10H,8-9H2,1-3H3,(H,16,20)(H,18,21). The highest BCUT2D eigenvalue weighted by molar-refractivity contribution is 5.78. The molecule has 0 aliphatic carbocycles. The predicted molar refractivity (Wildman–Crippen MR) is 79.9 cm³/mol. The van der Waals surface area contributed by atoms with Crippen molar-refractivity contribution in [3.63, 3.8) is 0 Å². The molecule has 1 amide bonds. The number of nitrogens with one attached hydrogen (secondary N) is 2. The van der Waals surface area contributed by atoms with Gasteiger partial charge in [0.2, 0.25) is 5.91 Å². The molecule has 6 nitrogen and oxygen atoms in total. The molecule has 0 fully saturated rings. The number of amides is 1. The molecule has 21 heavy (non-hydrogen) atoms. The van der Waals surface area contributed by atoms with Crippen molar-refractivity contribution in [3.8, 4) is 0 Å². The topological polar surface area (TPSA) is 79.8 Å². The van der Waals surface area contributed by atoms with Crippen LogP contribution >= 0.6 is 0 Å². The predicted octanol–water partition coefficient (Wildman–Crippen LogP) is 1.09. The van der Waals surface area contributed by atoms with Crippen molar-refractivity contribution in [1.82, 2.24) is 20.1 Å². The smallest absolute Gasteiger partial charge is 0.343 e. The third-order valence-electron chi connectivity index (χ3n) is 3.43. The molecule has 0 spiro atoms. The van der Waals surface area contributed by atoms with Gasteiger partial charge in [-0.05, 0) is 17.0 Å². The Hall–Kier alpha value is -2.37. The van der Waals surface area contributed by atoms with Crippen molar-refractivity contribution in [2.45, 2.75) is 32.7 Å². The number of rotatable bonds is 5. The van der Waals surface area contributed by atoms with Gasteiger partial charge in [0.25, 0.3) is 0 Å². The minimum absolute atomic E-state index is 0.0947. The van der Waals surface area contributed by atoms with Crippen molar-refractivity contribution >= 4 is 5.91 Å². The van der Waals surface area contributed by atoms with E-state index in [1.165, 1.54) is 10.1 Å². The molecule has 6 heteroatoms. The number of carbonyl (C=O) groups excluding carboxylic acids is 1. The second-order valence-corrected chi connectivity index (χ2v) is 5.35. The Morgan fingerprint density at radius 3 is 2.52 bits per heavy atom. The molecule has 0 aliphatic heterocycles. The van der Waals surface area contributed by atoms with Crippen molar-refractivity contribution in [3.05, 3.63) is 51.7 Å². The molecule has 1 aromatic carbocycles. The summed E-state index contributed by atoms with van der Waals surface area (Å²) >= 11 is 0. The van der Waals surface area contributed by atoms with E-state index in [9.17, 15) is 9.59 Å². The monoisotopic (exact) mass is 288 g/mol. The fourth-order valence-corrected chi connectivity index (χ4v) is 1.98. The van der Waals surface area contributed by atoms with E-state index in [0.29, 0.717) is 18.2 Å². The Bertz CT molecular complexity index is 668. The lowest BCUT2D eigenvalue weighted by atomic mass is 10.0. The normalized spacial score (nSPS) is 10.9. The first-order chi connectivity index (χ1) is 9.97. The molecule has 2 N–H and O–H groups in total. The third kappa shape index (κ3) is 3.81. The van der Waals surface area contributed by atoms with Crippen molar-refractivity contribution in [2.75, 3.05) is 0 Å². The highest BCUT2D eigenvalue weighted by Gasteiger charge is 2.08. The van der Waals surface area contributed by atoms with Crippen LogP contribution in [-0.2, 0) is 24.8 Å². The molecule has 1 heterocycles. The van der Waals surface area contributed by atoms with Crippen molar-refractivity contribution in [2.24, 2.45) is 7.05 Å². The summed E-state index contributed by atoms with van der Waals surface area (Å²) in [6.07, 6.45) is 0.316. The lowest BCUT2D eigenvalue weighted by molar-refractivity contribution is -0.120. The van der Waals surface area contributed by atoms with Crippen LogP contribution in [0.1, 0.15) is 36.7 Å². The second kappa shape index (κ2) is 6.39. The third-order valence-corrected chi connectivity index (χ3v) is 3.43. The summed E-state index contributed by atoms with van der Waals surface area (Å²) in [4.78, 5) is 23.1. The van der Waals surface area contributed by atoms with Crippen LogP contribution in [0.4, 0.5) is 0 Å². The molecule has 0 aliphatic rings. The Balaban J connectivity index is 1.90. The molecule has 0 radical (unpaired) electrons. The maximum atomic E-state index is 11.9. The fourth-order valence-electron chi connectivity index (χ4n) is 1.98. The average Bonchev–Trinajstić information content (AvgIpc) is 2.77. The lowest BCUT2D eigenvalue weighted by Gasteiger charge is -2.07. The zero-order valence-corrected chi connectivity index (χ0v) is 12.5. The summed E-state index contributed by atoms with van der Waals surface area (Å²) in [6, 6.07) is 8.04. The van der Waals surface area contributed by atoms with Crippen LogP contribution in [0.15, 0.2) is 29.1 Å². The van der Waals surface area contributed by atoms with E-state index < -0.39 is 0 Å².